The minimum Gasteiger partial charge on any atom is -0.497 e. The Labute approximate surface area is 92.3 Å². The van der Waals surface area contributed by atoms with Crippen molar-refractivity contribution in [2.75, 3.05) is 7.11 Å². The molecule has 0 unspecified atom stereocenters. The number of carbonyl (C=O) groups is 2. The quantitative estimate of drug-likeness (QED) is 0.806. The summed E-state index contributed by atoms with van der Waals surface area (Å²) < 4.78 is 4.97. The Hall–Kier alpha value is -2.04. The molecule has 0 aliphatic heterocycles. The van der Waals surface area contributed by atoms with Crippen molar-refractivity contribution in [3.05, 3.63) is 28.8 Å². The van der Waals surface area contributed by atoms with Gasteiger partial charge in [0.25, 0.3) is 0 Å². The molecule has 1 aromatic rings. The summed E-state index contributed by atoms with van der Waals surface area (Å²) in [6, 6.07) is 3.00. The lowest BCUT2D eigenvalue weighted by Crippen LogP contribution is -2.10. The summed E-state index contributed by atoms with van der Waals surface area (Å²) in [7, 11) is 1.44. The molecule has 0 atom stereocenters. The van der Waals surface area contributed by atoms with E-state index < -0.39 is 11.9 Å². The standard InChI is InChI=1S/C11H12O5/c1-6-3-8(16-2)4-7(5-9(12)13)10(6)11(14)15/h3-4H,5H2,1-2H3,(H,12,13)(H,14,15). The number of hydrogen-bond acceptors (Lipinski definition) is 3. The fourth-order valence-electron chi connectivity index (χ4n) is 1.55. The first-order valence-corrected chi connectivity index (χ1v) is 4.58. The molecule has 1 aromatic carbocycles. The van der Waals surface area contributed by atoms with Gasteiger partial charge in [-0.2, -0.15) is 0 Å². The van der Waals surface area contributed by atoms with Crippen molar-refractivity contribution in [3.8, 4) is 5.75 Å². The first-order chi connectivity index (χ1) is 7.45. The largest absolute Gasteiger partial charge is 0.497 e. The molecule has 0 aromatic heterocycles. The van der Waals surface area contributed by atoms with Gasteiger partial charge in [-0.15, -0.1) is 0 Å². The third-order valence-electron chi connectivity index (χ3n) is 2.18. The maximum atomic E-state index is 11.0. The van der Waals surface area contributed by atoms with E-state index in [0.717, 1.165) is 0 Å². The first kappa shape index (κ1) is 12.0. The van der Waals surface area contributed by atoms with Crippen LogP contribution >= 0.6 is 0 Å². The average Bonchev–Trinajstić information content (AvgIpc) is 2.14. The van der Waals surface area contributed by atoms with Gasteiger partial charge >= 0.3 is 11.9 Å². The average molecular weight is 224 g/mol. The zero-order chi connectivity index (χ0) is 12.3. The number of aliphatic carboxylic acids is 1. The summed E-state index contributed by atoms with van der Waals surface area (Å²) in [5, 5.41) is 17.7. The summed E-state index contributed by atoms with van der Waals surface area (Å²) in [6.45, 7) is 1.61. The van der Waals surface area contributed by atoms with Crippen LogP contribution in [0.25, 0.3) is 0 Å². The van der Waals surface area contributed by atoms with Crippen LogP contribution in [-0.2, 0) is 11.2 Å². The molecular weight excluding hydrogens is 212 g/mol. The van der Waals surface area contributed by atoms with Gasteiger partial charge in [-0.05, 0) is 30.2 Å². The SMILES string of the molecule is COc1cc(C)c(C(=O)O)c(CC(=O)O)c1. The molecule has 0 bridgehead atoms. The van der Waals surface area contributed by atoms with Crippen LogP contribution in [0.1, 0.15) is 21.5 Å². The molecule has 0 amide bonds. The lowest BCUT2D eigenvalue weighted by molar-refractivity contribution is -0.136. The van der Waals surface area contributed by atoms with Crippen molar-refractivity contribution in [3.63, 3.8) is 0 Å². The van der Waals surface area contributed by atoms with Crippen molar-refractivity contribution in [2.45, 2.75) is 13.3 Å². The lowest BCUT2D eigenvalue weighted by Gasteiger charge is -2.10. The van der Waals surface area contributed by atoms with E-state index >= 15 is 0 Å². The number of ether oxygens (including phenoxy) is 1. The van der Waals surface area contributed by atoms with Gasteiger partial charge in [-0.25, -0.2) is 4.79 Å². The number of aromatic carboxylic acids is 1. The second kappa shape index (κ2) is 4.65. The zero-order valence-corrected chi connectivity index (χ0v) is 8.98. The van der Waals surface area contributed by atoms with Gasteiger partial charge in [-0.1, -0.05) is 0 Å². The maximum absolute atomic E-state index is 11.0. The second-order valence-electron chi connectivity index (χ2n) is 3.35. The molecule has 0 aliphatic carbocycles. The summed E-state index contributed by atoms with van der Waals surface area (Å²) in [5.41, 5.74) is 0.767. The van der Waals surface area contributed by atoms with Crippen molar-refractivity contribution < 1.29 is 24.5 Å². The molecule has 0 spiro atoms. The summed E-state index contributed by atoms with van der Waals surface area (Å²) in [6.07, 6.45) is -0.334. The van der Waals surface area contributed by atoms with Crippen molar-refractivity contribution in [1.82, 2.24) is 0 Å². The Kier molecular flexibility index (Phi) is 3.50. The Morgan fingerprint density at radius 2 is 1.94 bits per heavy atom. The molecule has 5 nitrogen and oxygen atoms in total. The van der Waals surface area contributed by atoms with E-state index in [1.54, 1.807) is 13.0 Å². The second-order valence-corrected chi connectivity index (χ2v) is 3.35. The van der Waals surface area contributed by atoms with E-state index in [0.29, 0.717) is 11.3 Å². The molecule has 0 heterocycles. The third-order valence-corrected chi connectivity index (χ3v) is 2.18. The molecule has 2 N–H and O–H groups in total. The van der Waals surface area contributed by atoms with Crippen LogP contribution in [0.3, 0.4) is 0 Å². The molecule has 0 saturated carbocycles. The van der Waals surface area contributed by atoms with E-state index in [2.05, 4.69) is 0 Å². The molecule has 0 fully saturated rings. The van der Waals surface area contributed by atoms with Gasteiger partial charge < -0.3 is 14.9 Å². The van der Waals surface area contributed by atoms with Crippen molar-refractivity contribution in [1.29, 1.82) is 0 Å². The number of methoxy groups -OCH3 is 1. The van der Waals surface area contributed by atoms with E-state index in [1.165, 1.54) is 13.2 Å². The van der Waals surface area contributed by atoms with Gasteiger partial charge in [0.05, 0.1) is 19.1 Å². The number of rotatable bonds is 4. The summed E-state index contributed by atoms with van der Waals surface area (Å²) in [5.74, 6) is -1.75. The van der Waals surface area contributed by atoms with E-state index in [9.17, 15) is 9.59 Å². The molecular formula is C11H12O5. The molecule has 5 heteroatoms. The fourth-order valence-corrected chi connectivity index (χ4v) is 1.55. The third kappa shape index (κ3) is 2.50. The predicted molar refractivity (Wildman–Crippen MR) is 56.0 cm³/mol. The first-order valence-electron chi connectivity index (χ1n) is 4.58. The minimum atomic E-state index is -1.13. The predicted octanol–water partition coefficient (Wildman–Crippen LogP) is 1.33. The lowest BCUT2D eigenvalue weighted by atomic mass is 9.99. The van der Waals surface area contributed by atoms with Crippen LogP contribution in [0.4, 0.5) is 0 Å². The molecule has 16 heavy (non-hydrogen) atoms. The van der Waals surface area contributed by atoms with Gasteiger partial charge in [0.15, 0.2) is 0 Å². The van der Waals surface area contributed by atoms with E-state index in [1.807, 2.05) is 0 Å². The van der Waals surface area contributed by atoms with Crippen LogP contribution in [0.2, 0.25) is 0 Å². The number of carboxylic acids is 2. The Morgan fingerprint density at radius 1 is 1.31 bits per heavy atom. The van der Waals surface area contributed by atoms with Crippen molar-refractivity contribution in [2.24, 2.45) is 0 Å². The highest BCUT2D eigenvalue weighted by atomic mass is 16.5. The molecule has 86 valence electrons. The number of carboxylic acid groups (broad SMARTS) is 2. The van der Waals surface area contributed by atoms with E-state index in [-0.39, 0.29) is 17.5 Å². The highest BCUT2D eigenvalue weighted by Crippen LogP contribution is 2.22. The number of hydrogen-bond donors (Lipinski definition) is 2. The van der Waals surface area contributed by atoms with Gasteiger partial charge in [-0.3, -0.25) is 4.79 Å². The van der Waals surface area contributed by atoms with Gasteiger partial charge in [0, 0.05) is 0 Å². The summed E-state index contributed by atoms with van der Waals surface area (Å²) >= 11 is 0. The molecule has 0 saturated heterocycles. The Bertz CT molecular complexity index is 436. The minimum absolute atomic E-state index is 0.0307. The van der Waals surface area contributed by atoms with Crippen LogP contribution in [0, 0.1) is 6.92 Å². The number of benzene rings is 1. The van der Waals surface area contributed by atoms with Gasteiger partial charge in [0.2, 0.25) is 0 Å². The van der Waals surface area contributed by atoms with Gasteiger partial charge in [0.1, 0.15) is 5.75 Å². The summed E-state index contributed by atoms with van der Waals surface area (Å²) in [4.78, 5) is 21.6. The zero-order valence-electron chi connectivity index (χ0n) is 8.98. The molecule has 0 aliphatic rings. The van der Waals surface area contributed by atoms with E-state index in [4.69, 9.17) is 14.9 Å². The van der Waals surface area contributed by atoms with Crippen LogP contribution in [0.15, 0.2) is 12.1 Å². The highest BCUT2D eigenvalue weighted by molar-refractivity contribution is 5.92. The smallest absolute Gasteiger partial charge is 0.336 e. The van der Waals surface area contributed by atoms with Crippen LogP contribution < -0.4 is 4.74 Å². The van der Waals surface area contributed by atoms with Crippen molar-refractivity contribution >= 4 is 11.9 Å². The number of aryl methyl sites for hydroxylation is 1. The maximum Gasteiger partial charge on any atom is 0.336 e. The Morgan fingerprint density at radius 3 is 2.38 bits per heavy atom. The molecule has 1 rings (SSSR count). The topological polar surface area (TPSA) is 83.8 Å². The Balaban J connectivity index is 3.34. The van der Waals surface area contributed by atoms with Crippen LogP contribution in [0.5, 0.6) is 5.75 Å². The monoisotopic (exact) mass is 224 g/mol. The fraction of sp³-hybridized carbons (Fsp3) is 0.273. The highest BCUT2D eigenvalue weighted by Gasteiger charge is 2.17. The molecule has 0 radical (unpaired) electrons. The van der Waals surface area contributed by atoms with Crippen LogP contribution in [-0.4, -0.2) is 29.3 Å². The normalized spacial score (nSPS) is 9.88.